The van der Waals surface area contributed by atoms with E-state index in [1.807, 2.05) is 6.07 Å². The highest BCUT2D eigenvalue weighted by molar-refractivity contribution is 5.52. The maximum Gasteiger partial charge on any atom is 0.142 e. The number of β-amino-alcohol motifs (C(OH)–C–C–N with tert-alkyl or cyclic N) is 1. The second-order valence-corrected chi connectivity index (χ2v) is 5.23. The molecule has 0 amide bonds. The molecule has 0 aliphatic carbocycles. The Kier molecular flexibility index (Phi) is 3.73. The smallest absolute Gasteiger partial charge is 0.142 e. The minimum atomic E-state index is -0.647. The van der Waals surface area contributed by atoms with Gasteiger partial charge in [-0.3, -0.25) is 0 Å². The van der Waals surface area contributed by atoms with Gasteiger partial charge >= 0.3 is 0 Å². The Labute approximate surface area is 126 Å². The summed E-state index contributed by atoms with van der Waals surface area (Å²) in [7, 11) is 0. The molecule has 2 heterocycles. The first-order valence-corrected chi connectivity index (χ1v) is 6.84. The summed E-state index contributed by atoms with van der Waals surface area (Å²) in [6.45, 7) is 0.287. The number of aromatic nitrogens is 1. The van der Waals surface area contributed by atoms with Gasteiger partial charge in [0.2, 0.25) is 0 Å². The third-order valence-corrected chi connectivity index (χ3v) is 3.79. The predicted octanol–water partition coefficient (Wildman–Crippen LogP) is 2.54. The highest BCUT2D eigenvalue weighted by Gasteiger charge is 2.34. The highest BCUT2D eigenvalue weighted by atomic mass is 19.1. The van der Waals surface area contributed by atoms with Crippen LogP contribution in [0.5, 0.6) is 0 Å². The van der Waals surface area contributed by atoms with Gasteiger partial charge in [0.15, 0.2) is 0 Å². The molecule has 6 heteroatoms. The molecular weight excluding hydrogens is 288 g/mol. The number of hydrogen-bond donors (Lipinski definition) is 1. The molecule has 1 aromatic carbocycles. The van der Waals surface area contributed by atoms with E-state index in [4.69, 9.17) is 5.26 Å². The molecule has 2 atom stereocenters. The predicted molar refractivity (Wildman–Crippen MR) is 76.0 cm³/mol. The number of pyridine rings is 1. The van der Waals surface area contributed by atoms with Gasteiger partial charge in [0, 0.05) is 24.0 Å². The Morgan fingerprint density at radius 1 is 1.27 bits per heavy atom. The maximum atomic E-state index is 14.0. The van der Waals surface area contributed by atoms with Gasteiger partial charge in [-0.25, -0.2) is 13.8 Å². The fourth-order valence-electron chi connectivity index (χ4n) is 2.82. The maximum absolute atomic E-state index is 14.0. The number of aliphatic hydroxyl groups is 1. The van der Waals surface area contributed by atoms with E-state index in [2.05, 4.69) is 4.98 Å². The van der Waals surface area contributed by atoms with Crippen LogP contribution in [0, 0.1) is 23.0 Å². The van der Waals surface area contributed by atoms with Crippen molar-refractivity contribution in [1.29, 1.82) is 5.26 Å². The van der Waals surface area contributed by atoms with Crippen LogP contribution in [0.15, 0.2) is 36.5 Å². The number of halogens is 2. The van der Waals surface area contributed by atoms with E-state index >= 15 is 0 Å². The zero-order valence-corrected chi connectivity index (χ0v) is 11.6. The minimum absolute atomic E-state index is 0.201. The van der Waals surface area contributed by atoms with Crippen LogP contribution >= 0.6 is 0 Å². The largest absolute Gasteiger partial charge is 0.391 e. The Morgan fingerprint density at radius 3 is 2.86 bits per heavy atom. The quantitative estimate of drug-likeness (QED) is 0.926. The second-order valence-electron chi connectivity index (χ2n) is 5.23. The minimum Gasteiger partial charge on any atom is -0.391 e. The van der Waals surface area contributed by atoms with Crippen LogP contribution in [-0.2, 0) is 0 Å². The van der Waals surface area contributed by atoms with Crippen LogP contribution in [-0.4, -0.2) is 22.7 Å². The average Bonchev–Trinajstić information content (AvgIpc) is 2.91. The second kappa shape index (κ2) is 5.70. The summed E-state index contributed by atoms with van der Waals surface area (Å²) in [6.07, 6.45) is 1.13. The van der Waals surface area contributed by atoms with Crippen molar-refractivity contribution in [2.45, 2.75) is 18.6 Å². The number of aliphatic hydroxyl groups excluding tert-OH is 1. The van der Waals surface area contributed by atoms with Crippen molar-refractivity contribution in [2.75, 3.05) is 11.4 Å². The number of rotatable bonds is 2. The van der Waals surface area contributed by atoms with Gasteiger partial charge in [0.05, 0.1) is 12.1 Å². The van der Waals surface area contributed by atoms with Crippen molar-refractivity contribution in [2.24, 2.45) is 0 Å². The molecule has 1 fully saturated rings. The van der Waals surface area contributed by atoms with Crippen molar-refractivity contribution in [3.63, 3.8) is 0 Å². The molecule has 0 saturated carbocycles. The van der Waals surface area contributed by atoms with Gasteiger partial charge in [0.1, 0.15) is 23.4 Å². The Morgan fingerprint density at radius 2 is 2.09 bits per heavy atom. The molecule has 0 spiro atoms. The lowest BCUT2D eigenvalue weighted by Crippen LogP contribution is -2.25. The molecule has 4 nitrogen and oxygen atoms in total. The Balaban J connectivity index is 2.02. The molecule has 0 radical (unpaired) electrons. The lowest BCUT2D eigenvalue weighted by atomic mass is 10.0. The zero-order chi connectivity index (χ0) is 15.7. The molecule has 0 bridgehead atoms. The molecule has 1 N–H and O–H groups in total. The fraction of sp³-hybridized carbons (Fsp3) is 0.250. The fourth-order valence-corrected chi connectivity index (χ4v) is 2.82. The topological polar surface area (TPSA) is 60.2 Å². The van der Waals surface area contributed by atoms with E-state index in [1.54, 1.807) is 17.0 Å². The molecule has 1 saturated heterocycles. The van der Waals surface area contributed by atoms with Gasteiger partial charge in [0.25, 0.3) is 0 Å². The van der Waals surface area contributed by atoms with Gasteiger partial charge in [-0.1, -0.05) is 0 Å². The third kappa shape index (κ3) is 2.63. The van der Waals surface area contributed by atoms with Crippen LogP contribution in [0.4, 0.5) is 14.5 Å². The summed E-state index contributed by atoms with van der Waals surface area (Å²) in [5.41, 5.74) is 1.08. The number of nitrogens with zero attached hydrogens (tertiary/aromatic N) is 3. The van der Waals surface area contributed by atoms with Crippen LogP contribution in [0.3, 0.4) is 0 Å². The van der Waals surface area contributed by atoms with E-state index in [0.717, 1.165) is 18.2 Å². The number of nitriles is 1. The van der Waals surface area contributed by atoms with Crippen molar-refractivity contribution in [3.05, 3.63) is 59.4 Å². The summed E-state index contributed by atoms with van der Waals surface area (Å²) in [5.74, 6) is -1.04. The van der Waals surface area contributed by atoms with E-state index in [0.29, 0.717) is 12.1 Å². The molecule has 1 aliphatic heterocycles. The third-order valence-electron chi connectivity index (χ3n) is 3.79. The molecule has 22 heavy (non-hydrogen) atoms. The van der Waals surface area contributed by atoms with Crippen LogP contribution in [0.2, 0.25) is 0 Å². The normalized spacial score (nSPS) is 20.9. The van der Waals surface area contributed by atoms with E-state index in [9.17, 15) is 13.9 Å². The average molecular weight is 301 g/mol. The van der Waals surface area contributed by atoms with Crippen LogP contribution in [0.1, 0.15) is 23.7 Å². The highest BCUT2D eigenvalue weighted by Crippen LogP contribution is 2.37. The summed E-state index contributed by atoms with van der Waals surface area (Å²) in [5, 5.41) is 18.9. The standard InChI is InChI=1S/C16H13F2N3O/c17-10-1-2-15(18)14(5-10)16-7-13(22)9-21(16)12-3-4-20-11(6-12)8-19/h1-6,13,16,22H,7,9H2. The summed E-state index contributed by atoms with van der Waals surface area (Å²) < 4.78 is 27.5. The monoisotopic (exact) mass is 301 g/mol. The molecule has 3 rings (SSSR count). The SMILES string of the molecule is N#Cc1cc(N2CC(O)CC2c2cc(F)ccc2F)ccn1. The first kappa shape index (κ1) is 14.4. The van der Waals surface area contributed by atoms with E-state index < -0.39 is 23.8 Å². The van der Waals surface area contributed by atoms with Gasteiger partial charge in [-0.15, -0.1) is 0 Å². The van der Waals surface area contributed by atoms with Gasteiger partial charge in [-0.2, -0.15) is 5.26 Å². The summed E-state index contributed by atoms with van der Waals surface area (Å²) >= 11 is 0. The van der Waals surface area contributed by atoms with Crippen molar-refractivity contribution < 1.29 is 13.9 Å². The molecule has 1 aromatic heterocycles. The van der Waals surface area contributed by atoms with Crippen LogP contribution < -0.4 is 4.90 Å². The zero-order valence-electron chi connectivity index (χ0n) is 11.6. The lowest BCUT2D eigenvalue weighted by Gasteiger charge is -2.27. The van der Waals surface area contributed by atoms with Crippen molar-refractivity contribution in [3.8, 4) is 6.07 Å². The first-order chi connectivity index (χ1) is 10.6. The molecule has 2 unspecified atom stereocenters. The molecule has 1 aliphatic rings. The first-order valence-electron chi connectivity index (χ1n) is 6.84. The number of hydrogen-bond acceptors (Lipinski definition) is 4. The van der Waals surface area contributed by atoms with E-state index in [1.165, 1.54) is 6.20 Å². The number of benzene rings is 1. The Hall–Kier alpha value is -2.52. The summed E-state index contributed by atoms with van der Waals surface area (Å²) in [6, 6.07) is 8.01. The van der Waals surface area contributed by atoms with Gasteiger partial charge in [-0.05, 0) is 36.8 Å². The molecule has 112 valence electrons. The molecular formula is C16H13F2N3O. The summed E-state index contributed by atoms with van der Waals surface area (Å²) in [4.78, 5) is 5.66. The lowest BCUT2D eigenvalue weighted by molar-refractivity contribution is 0.194. The van der Waals surface area contributed by atoms with Crippen molar-refractivity contribution in [1.82, 2.24) is 4.98 Å². The Bertz CT molecular complexity index is 744. The van der Waals surface area contributed by atoms with E-state index in [-0.39, 0.29) is 17.8 Å². The molecule has 2 aromatic rings. The number of anilines is 1. The van der Waals surface area contributed by atoms with Crippen molar-refractivity contribution >= 4 is 5.69 Å². The van der Waals surface area contributed by atoms with Gasteiger partial charge < -0.3 is 10.0 Å². The van der Waals surface area contributed by atoms with Crippen LogP contribution in [0.25, 0.3) is 0 Å².